The number of carboxylic acids is 4. The van der Waals surface area contributed by atoms with Gasteiger partial charge in [0.1, 0.15) is 5.82 Å². The van der Waals surface area contributed by atoms with Gasteiger partial charge in [-0.15, -0.1) is 0 Å². The largest absolute Gasteiger partial charge is 0.473 e. The number of H-pyrrole nitrogens is 1. The second-order valence-corrected chi connectivity index (χ2v) is 7.61. The molecule has 0 aliphatic carbocycles. The van der Waals surface area contributed by atoms with E-state index in [1.807, 2.05) is 30.3 Å². The standard InChI is InChI=1S/C18H24N4O.2C2H2O4/c1-21(2)10-6-11-22-12-9-16-15(13-22)18(23)20-17(19-16)14-7-4-3-5-8-14;2*3-1(4)2(5)6/h3-5,7-8H,6,9-13H2,1-2H3,(H,19,20,23);2*(H,3,4)(H,5,6). The lowest BCUT2D eigenvalue weighted by atomic mass is 10.1. The van der Waals surface area contributed by atoms with Crippen molar-refractivity contribution in [1.29, 1.82) is 0 Å². The van der Waals surface area contributed by atoms with Gasteiger partial charge in [0.05, 0.1) is 11.3 Å². The topological polar surface area (TPSA) is 201 Å². The number of aromatic nitrogens is 2. The van der Waals surface area contributed by atoms with E-state index in [4.69, 9.17) is 44.6 Å². The molecule has 1 aliphatic heterocycles. The molecule has 1 aliphatic rings. The number of fused-ring (bicyclic) bond motifs is 1. The van der Waals surface area contributed by atoms with Crippen LogP contribution in [0.1, 0.15) is 17.7 Å². The van der Waals surface area contributed by atoms with Gasteiger partial charge in [-0.1, -0.05) is 30.3 Å². The molecule has 0 fully saturated rings. The summed E-state index contributed by atoms with van der Waals surface area (Å²) in [7, 11) is 4.18. The molecule has 0 radical (unpaired) electrons. The van der Waals surface area contributed by atoms with Crippen molar-refractivity contribution in [1.82, 2.24) is 19.8 Å². The van der Waals surface area contributed by atoms with Crippen molar-refractivity contribution in [2.24, 2.45) is 0 Å². The smallest absolute Gasteiger partial charge is 0.414 e. The highest BCUT2D eigenvalue weighted by Gasteiger charge is 2.21. The minimum Gasteiger partial charge on any atom is -0.473 e. The van der Waals surface area contributed by atoms with E-state index in [9.17, 15) is 4.79 Å². The Morgan fingerprint density at radius 2 is 1.51 bits per heavy atom. The summed E-state index contributed by atoms with van der Waals surface area (Å²) < 4.78 is 0. The van der Waals surface area contributed by atoms with Gasteiger partial charge in [-0.3, -0.25) is 9.69 Å². The predicted octanol–water partition coefficient (Wildman–Crippen LogP) is 0.0579. The summed E-state index contributed by atoms with van der Waals surface area (Å²) in [5.74, 6) is -6.62. The van der Waals surface area contributed by atoms with E-state index >= 15 is 0 Å². The number of hydrogen-bond acceptors (Lipinski definition) is 8. The maximum absolute atomic E-state index is 12.5. The van der Waals surface area contributed by atoms with Crippen molar-refractivity contribution >= 4 is 23.9 Å². The van der Waals surface area contributed by atoms with Crippen LogP contribution >= 0.6 is 0 Å². The molecule has 0 atom stereocenters. The highest BCUT2D eigenvalue weighted by atomic mass is 16.4. The van der Waals surface area contributed by atoms with Gasteiger partial charge in [-0.25, -0.2) is 24.2 Å². The normalized spacial score (nSPS) is 12.3. The fourth-order valence-corrected chi connectivity index (χ4v) is 3.02. The number of benzene rings is 1. The van der Waals surface area contributed by atoms with Crippen LogP contribution in [0.15, 0.2) is 35.1 Å². The molecule has 0 spiro atoms. The summed E-state index contributed by atoms with van der Waals surface area (Å²) in [6.45, 7) is 3.79. The number of nitrogens with zero attached hydrogens (tertiary/aromatic N) is 3. The van der Waals surface area contributed by atoms with Gasteiger partial charge >= 0.3 is 23.9 Å². The Balaban J connectivity index is 0.000000425. The molecule has 1 aromatic heterocycles. The lowest BCUT2D eigenvalue weighted by Crippen LogP contribution is -2.37. The number of hydrogen-bond donors (Lipinski definition) is 5. The lowest BCUT2D eigenvalue weighted by Gasteiger charge is -2.28. The highest BCUT2D eigenvalue weighted by molar-refractivity contribution is 6.27. The van der Waals surface area contributed by atoms with E-state index in [2.05, 4.69) is 28.9 Å². The van der Waals surface area contributed by atoms with Crippen LogP contribution in [0.5, 0.6) is 0 Å². The number of aromatic amines is 1. The zero-order chi connectivity index (χ0) is 26.5. The van der Waals surface area contributed by atoms with Crippen LogP contribution in [0.3, 0.4) is 0 Å². The second kappa shape index (κ2) is 14.2. The Morgan fingerprint density at radius 1 is 0.971 bits per heavy atom. The maximum Gasteiger partial charge on any atom is 0.414 e. The number of rotatable bonds is 5. The van der Waals surface area contributed by atoms with E-state index in [0.29, 0.717) is 12.4 Å². The molecule has 190 valence electrons. The van der Waals surface area contributed by atoms with Gasteiger partial charge < -0.3 is 30.3 Å². The van der Waals surface area contributed by atoms with Crippen molar-refractivity contribution in [3.8, 4) is 11.4 Å². The van der Waals surface area contributed by atoms with Gasteiger partial charge in [0.2, 0.25) is 0 Å². The molecule has 0 amide bonds. The molecule has 3 rings (SSSR count). The summed E-state index contributed by atoms with van der Waals surface area (Å²) in [5.41, 5.74) is 2.75. The Morgan fingerprint density at radius 3 is 2.00 bits per heavy atom. The third-order valence-electron chi connectivity index (χ3n) is 4.64. The SMILES string of the molecule is CN(C)CCCN1CCc2nc(-c3ccccc3)[nH]c(=O)c2C1.O=C(O)C(=O)O.O=C(O)C(=O)O. The Labute approximate surface area is 200 Å². The lowest BCUT2D eigenvalue weighted by molar-refractivity contribution is -0.159. The molecular weight excluding hydrogens is 464 g/mol. The van der Waals surface area contributed by atoms with Crippen LogP contribution in [0.25, 0.3) is 11.4 Å². The van der Waals surface area contributed by atoms with E-state index in [0.717, 1.165) is 49.3 Å². The van der Waals surface area contributed by atoms with Gasteiger partial charge in [0, 0.05) is 25.1 Å². The molecule has 13 nitrogen and oxygen atoms in total. The minimum atomic E-state index is -1.82. The zero-order valence-corrected chi connectivity index (χ0v) is 19.3. The van der Waals surface area contributed by atoms with Crippen molar-refractivity contribution in [3.63, 3.8) is 0 Å². The average Bonchev–Trinajstić information content (AvgIpc) is 2.80. The number of carboxylic acid groups (broad SMARTS) is 4. The number of carbonyl (C=O) groups is 4. The van der Waals surface area contributed by atoms with Gasteiger partial charge in [-0.05, 0) is 33.6 Å². The van der Waals surface area contributed by atoms with Crippen LogP contribution < -0.4 is 5.56 Å². The molecule has 13 heteroatoms. The van der Waals surface area contributed by atoms with Crippen LogP contribution in [0.4, 0.5) is 0 Å². The summed E-state index contributed by atoms with van der Waals surface area (Å²) in [4.78, 5) is 61.0. The van der Waals surface area contributed by atoms with E-state index in [-0.39, 0.29) is 5.56 Å². The van der Waals surface area contributed by atoms with E-state index < -0.39 is 23.9 Å². The second-order valence-electron chi connectivity index (χ2n) is 7.61. The highest BCUT2D eigenvalue weighted by Crippen LogP contribution is 2.18. The van der Waals surface area contributed by atoms with Gasteiger partial charge in [-0.2, -0.15) is 0 Å². The Kier molecular flexibility index (Phi) is 11.8. The molecule has 2 aromatic rings. The fourth-order valence-electron chi connectivity index (χ4n) is 3.02. The van der Waals surface area contributed by atoms with Crippen molar-refractivity contribution in [2.45, 2.75) is 19.4 Å². The third kappa shape index (κ3) is 10.6. The molecule has 1 aromatic carbocycles. The van der Waals surface area contributed by atoms with Crippen LogP contribution in [0, 0.1) is 0 Å². The van der Waals surface area contributed by atoms with E-state index in [1.165, 1.54) is 0 Å². The van der Waals surface area contributed by atoms with Crippen LogP contribution in [-0.2, 0) is 32.1 Å². The monoisotopic (exact) mass is 492 g/mol. The van der Waals surface area contributed by atoms with Crippen molar-refractivity contribution in [2.75, 3.05) is 33.7 Å². The fraction of sp³-hybridized carbons (Fsp3) is 0.364. The summed E-state index contributed by atoms with van der Waals surface area (Å²) >= 11 is 0. The molecule has 0 bridgehead atoms. The molecule has 5 N–H and O–H groups in total. The molecule has 2 heterocycles. The predicted molar refractivity (Wildman–Crippen MR) is 123 cm³/mol. The molecule has 35 heavy (non-hydrogen) atoms. The van der Waals surface area contributed by atoms with Crippen LogP contribution in [-0.4, -0.2) is 97.8 Å². The first-order valence-electron chi connectivity index (χ1n) is 10.4. The van der Waals surface area contributed by atoms with Gasteiger partial charge in [0.25, 0.3) is 5.56 Å². The summed E-state index contributed by atoms with van der Waals surface area (Å²) in [6.07, 6.45) is 1.97. The summed E-state index contributed by atoms with van der Waals surface area (Å²) in [5, 5.41) is 29.6. The van der Waals surface area contributed by atoms with Crippen LogP contribution in [0.2, 0.25) is 0 Å². The third-order valence-corrected chi connectivity index (χ3v) is 4.64. The summed E-state index contributed by atoms with van der Waals surface area (Å²) in [6, 6.07) is 9.83. The first kappa shape index (κ1) is 28.9. The Bertz CT molecular complexity index is 1040. The van der Waals surface area contributed by atoms with Crippen molar-refractivity contribution < 1.29 is 39.6 Å². The molecule has 0 saturated carbocycles. The quantitative estimate of drug-likeness (QED) is 0.352. The average molecular weight is 492 g/mol. The molecule has 0 saturated heterocycles. The number of nitrogens with one attached hydrogen (secondary N) is 1. The molecular formula is C22H28N4O9. The first-order chi connectivity index (χ1) is 16.4. The van der Waals surface area contributed by atoms with Crippen molar-refractivity contribution in [3.05, 3.63) is 51.9 Å². The maximum atomic E-state index is 12.5. The Hall–Kier alpha value is -4.10. The molecule has 0 unspecified atom stereocenters. The van der Waals surface area contributed by atoms with E-state index in [1.54, 1.807) is 0 Å². The minimum absolute atomic E-state index is 0.00571. The number of aliphatic carboxylic acids is 4. The zero-order valence-electron chi connectivity index (χ0n) is 19.3. The van der Waals surface area contributed by atoms with Gasteiger partial charge in [0.15, 0.2) is 0 Å². The first-order valence-corrected chi connectivity index (χ1v) is 10.4.